The second kappa shape index (κ2) is 8.87. The molecule has 0 aliphatic heterocycles. The predicted molar refractivity (Wildman–Crippen MR) is 111 cm³/mol. The highest BCUT2D eigenvalue weighted by Gasteiger charge is 2.43. The first kappa shape index (κ1) is 22.1. The van der Waals surface area contributed by atoms with Crippen LogP contribution in [0.25, 0.3) is 0 Å². The average Bonchev–Trinajstić information content (AvgIpc) is 2.88. The van der Waals surface area contributed by atoms with Gasteiger partial charge in [-0.1, -0.05) is 37.8 Å². The fraction of sp³-hybridized carbons (Fsp3) is 0.650. The number of carbonyl (C=O) groups excluding carboxylic acids is 1. The summed E-state index contributed by atoms with van der Waals surface area (Å²) in [5.41, 5.74) is -0.242. The number of hydrogen-bond acceptors (Lipinski definition) is 7. The lowest BCUT2D eigenvalue weighted by Gasteiger charge is -2.27. The minimum absolute atomic E-state index is 0.158. The van der Waals surface area contributed by atoms with Gasteiger partial charge in [0.05, 0.1) is 6.04 Å². The van der Waals surface area contributed by atoms with Gasteiger partial charge in [0, 0.05) is 7.05 Å². The van der Waals surface area contributed by atoms with Gasteiger partial charge in [-0.25, -0.2) is 4.79 Å². The number of carbonyl (C=O) groups is 1. The van der Waals surface area contributed by atoms with Crippen LogP contribution in [0, 0.1) is 24.2 Å². The zero-order valence-corrected chi connectivity index (χ0v) is 18.1. The average molecular weight is 409 g/mol. The summed E-state index contributed by atoms with van der Waals surface area (Å²) in [6.07, 6.45) is 6.33. The molecular formula is C20H29ClN4O3. The second-order valence-corrected chi connectivity index (χ2v) is 8.37. The lowest BCUT2D eigenvalue weighted by atomic mass is 9.95. The molecule has 1 saturated carbocycles. The van der Waals surface area contributed by atoms with Crippen molar-refractivity contribution in [3.05, 3.63) is 10.7 Å². The summed E-state index contributed by atoms with van der Waals surface area (Å²) in [5, 5.41) is 6.39. The summed E-state index contributed by atoms with van der Waals surface area (Å²) in [4.78, 5) is 20.8. The molecule has 154 valence electrons. The van der Waals surface area contributed by atoms with Gasteiger partial charge in [-0.2, -0.15) is 9.97 Å². The maximum atomic E-state index is 12.3. The minimum Gasteiger partial charge on any atom is -0.429 e. The summed E-state index contributed by atoms with van der Waals surface area (Å²) in [6, 6.07) is -0.171. The van der Waals surface area contributed by atoms with E-state index >= 15 is 0 Å². The Bertz CT molecular complexity index is 757. The molecule has 1 aromatic rings. The fourth-order valence-electron chi connectivity index (χ4n) is 3.52. The highest BCUT2D eigenvalue weighted by Crippen LogP contribution is 2.38. The summed E-state index contributed by atoms with van der Waals surface area (Å²) in [7, 11) is 1.70. The van der Waals surface area contributed by atoms with Crippen molar-refractivity contribution in [2.75, 3.05) is 17.7 Å². The number of terminal acetylenes is 1. The monoisotopic (exact) mass is 408 g/mol. The third-order valence-corrected chi connectivity index (χ3v) is 5.19. The molecule has 1 fully saturated rings. The molecular weight excluding hydrogens is 380 g/mol. The lowest BCUT2D eigenvalue weighted by molar-refractivity contribution is -0.0366. The van der Waals surface area contributed by atoms with Crippen LogP contribution in [0.15, 0.2) is 0 Å². The van der Waals surface area contributed by atoms with E-state index in [1.165, 1.54) is 0 Å². The Hall–Kier alpha value is -2.20. The molecule has 0 spiro atoms. The van der Waals surface area contributed by atoms with Crippen LogP contribution in [0.5, 0.6) is 0 Å². The molecule has 1 heterocycles. The lowest BCUT2D eigenvalue weighted by Crippen LogP contribution is -2.38. The molecule has 0 aromatic carbocycles. The molecule has 2 rings (SSSR count). The fourth-order valence-corrected chi connectivity index (χ4v) is 3.74. The van der Waals surface area contributed by atoms with E-state index in [0.29, 0.717) is 23.2 Å². The number of anilines is 2. The largest absolute Gasteiger partial charge is 0.509 e. The maximum Gasteiger partial charge on any atom is 0.509 e. The highest BCUT2D eigenvalue weighted by molar-refractivity contribution is 6.31. The number of aromatic nitrogens is 2. The van der Waals surface area contributed by atoms with Crippen LogP contribution in [0.2, 0.25) is 5.15 Å². The van der Waals surface area contributed by atoms with E-state index < -0.39 is 11.8 Å². The van der Waals surface area contributed by atoms with Crippen molar-refractivity contribution in [3.63, 3.8) is 0 Å². The Morgan fingerprint density at radius 3 is 2.61 bits per heavy atom. The van der Waals surface area contributed by atoms with Gasteiger partial charge >= 0.3 is 6.16 Å². The van der Waals surface area contributed by atoms with Gasteiger partial charge in [0.15, 0.2) is 5.15 Å². The zero-order chi connectivity index (χ0) is 21.1. The quantitative estimate of drug-likeness (QED) is 0.426. The molecule has 0 saturated heterocycles. The highest BCUT2D eigenvalue weighted by atomic mass is 35.5. The molecule has 7 nitrogen and oxygen atoms in total. The zero-order valence-electron chi connectivity index (χ0n) is 17.3. The number of ether oxygens (including phenoxy) is 2. The Labute approximate surface area is 171 Å². The number of nitrogens with zero attached hydrogens (tertiary/aromatic N) is 2. The van der Waals surface area contributed by atoms with Gasteiger partial charge < -0.3 is 20.1 Å². The van der Waals surface area contributed by atoms with E-state index in [0.717, 1.165) is 12.8 Å². The van der Waals surface area contributed by atoms with Gasteiger partial charge in [-0.15, -0.1) is 6.42 Å². The van der Waals surface area contributed by atoms with Crippen LogP contribution < -0.4 is 10.6 Å². The number of hydrogen-bond donors (Lipinski definition) is 2. The molecule has 1 aliphatic rings. The first-order chi connectivity index (χ1) is 13.1. The molecule has 4 atom stereocenters. The van der Waals surface area contributed by atoms with Crippen LogP contribution in [0.1, 0.15) is 53.0 Å². The number of rotatable bonds is 5. The summed E-state index contributed by atoms with van der Waals surface area (Å²) in [5.74, 6) is 3.88. The number of nitrogens with one attached hydrogen (secondary N) is 2. The molecule has 28 heavy (non-hydrogen) atoms. The van der Waals surface area contributed by atoms with E-state index in [9.17, 15) is 4.79 Å². The second-order valence-electron chi connectivity index (χ2n) is 8.02. The third kappa shape index (κ3) is 5.20. The summed E-state index contributed by atoms with van der Waals surface area (Å²) >= 11 is 6.20. The van der Waals surface area contributed by atoms with E-state index in [1.54, 1.807) is 27.8 Å². The summed E-state index contributed by atoms with van der Waals surface area (Å²) < 4.78 is 11.0. The molecule has 0 amide bonds. The van der Waals surface area contributed by atoms with Crippen LogP contribution in [0.3, 0.4) is 0 Å². The molecule has 1 aromatic heterocycles. The predicted octanol–water partition coefficient (Wildman–Crippen LogP) is 4.32. The van der Waals surface area contributed by atoms with Crippen molar-refractivity contribution in [3.8, 4) is 12.3 Å². The van der Waals surface area contributed by atoms with Crippen molar-refractivity contribution >= 4 is 29.5 Å². The molecule has 0 bridgehead atoms. The molecule has 1 aliphatic carbocycles. The van der Waals surface area contributed by atoms with Gasteiger partial charge in [0.2, 0.25) is 5.95 Å². The van der Waals surface area contributed by atoms with E-state index in [4.69, 9.17) is 27.5 Å². The molecule has 2 N–H and O–H groups in total. The van der Waals surface area contributed by atoms with Crippen molar-refractivity contribution in [2.24, 2.45) is 11.8 Å². The smallest absolute Gasteiger partial charge is 0.429 e. The van der Waals surface area contributed by atoms with Crippen LogP contribution in [-0.2, 0) is 9.47 Å². The SMILES string of the molecule is C#Cc1c(Cl)nc(NC)nc1NC1CC(CC)C(C)C1OC(=O)OC(C)(C)C. The van der Waals surface area contributed by atoms with Gasteiger partial charge in [0.1, 0.15) is 23.1 Å². The minimum atomic E-state index is -0.679. The maximum absolute atomic E-state index is 12.3. The van der Waals surface area contributed by atoms with Crippen LogP contribution in [-0.4, -0.2) is 40.9 Å². The van der Waals surface area contributed by atoms with Crippen LogP contribution in [0.4, 0.5) is 16.6 Å². The van der Waals surface area contributed by atoms with E-state index in [-0.39, 0.29) is 23.2 Å². The summed E-state index contributed by atoms with van der Waals surface area (Å²) in [6.45, 7) is 9.62. The Morgan fingerprint density at radius 1 is 1.39 bits per heavy atom. The van der Waals surface area contributed by atoms with Crippen molar-refractivity contribution in [1.29, 1.82) is 0 Å². The van der Waals surface area contributed by atoms with Gasteiger partial charge in [-0.05, 0) is 39.0 Å². The first-order valence-electron chi connectivity index (χ1n) is 9.47. The standard InChI is InChI=1S/C20H29ClN4O3/c1-8-12-10-14(15(11(12)3)27-19(26)28-20(4,5)6)23-17-13(9-2)16(21)24-18(22-7)25-17/h2,11-12,14-15H,8,10H2,1,3-7H3,(H2,22,23,24,25). The van der Waals surface area contributed by atoms with Crippen LogP contribution >= 0.6 is 11.6 Å². The molecule has 4 unspecified atom stereocenters. The first-order valence-corrected chi connectivity index (χ1v) is 9.85. The molecule has 0 radical (unpaired) electrons. The van der Waals surface area contributed by atoms with E-state index in [1.807, 2.05) is 0 Å². The Balaban J connectivity index is 2.28. The van der Waals surface area contributed by atoms with Crippen molar-refractivity contribution < 1.29 is 14.3 Å². The topological polar surface area (TPSA) is 85.4 Å². The van der Waals surface area contributed by atoms with Crippen molar-refractivity contribution in [2.45, 2.75) is 65.2 Å². The third-order valence-electron chi connectivity index (χ3n) is 4.92. The number of halogens is 1. The Morgan fingerprint density at radius 2 is 2.07 bits per heavy atom. The van der Waals surface area contributed by atoms with E-state index in [2.05, 4.69) is 40.4 Å². The Kier molecular flexibility index (Phi) is 7.00. The van der Waals surface area contributed by atoms with Gasteiger partial charge in [0.25, 0.3) is 0 Å². The normalized spacial score (nSPS) is 24.4. The van der Waals surface area contributed by atoms with Crippen molar-refractivity contribution in [1.82, 2.24) is 9.97 Å². The van der Waals surface area contributed by atoms with Gasteiger partial charge in [-0.3, -0.25) is 0 Å². The molecule has 8 heteroatoms.